The van der Waals surface area contributed by atoms with E-state index in [-0.39, 0.29) is 17.8 Å². The molecule has 6 bridgehead atoms. The molecular formula is C48H33N3. The van der Waals surface area contributed by atoms with Gasteiger partial charge in [0.25, 0.3) is 0 Å². The third kappa shape index (κ3) is 5.01. The summed E-state index contributed by atoms with van der Waals surface area (Å²) in [5.41, 5.74) is 9.41. The zero-order valence-corrected chi connectivity index (χ0v) is 27.9. The number of benzene rings is 6. The summed E-state index contributed by atoms with van der Waals surface area (Å²) in [6.45, 7) is 0. The summed E-state index contributed by atoms with van der Waals surface area (Å²) >= 11 is 0. The van der Waals surface area contributed by atoms with Crippen molar-refractivity contribution in [2.45, 2.75) is 17.8 Å². The first-order chi connectivity index (χ1) is 25.3. The second-order valence-electron chi connectivity index (χ2n) is 13.5. The molecule has 10 rings (SSSR count). The first-order valence-electron chi connectivity index (χ1n) is 17.6. The molecule has 0 fully saturated rings. The molecule has 9 aromatic rings. The van der Waals surface area contributed by atoms with E-state index >= 15 is 0 Å². The van der Waals surface area contributed by atoms with Gasteiger partial charge in [0.05, 0.1) is 51.9 Å². The topological polar surface area (TPSA) is 38.7 Å². The highest BCUT2D eigenvalue weighted by atomic mass is 14.8. The number of hydrogen-bond donors (Lipinski definition) is 0. The number of nitrogens with zero attached hydrogens (tertiary/aromatic N) is 3. The van der Waals surface area contributed by atoms with Gasteiger partial charge in [-0.3, -0.25) is 15.0 Å². The molecule has 0 spiro atoms. The van der Waals surface area contributed by atoms with E-state index in [4.69, 9.17) is 15.0 Å². The summed E-state index contributed by atoms with van der Waals surface area (Å²) in [6.07, 6.45) is 0. The predicted molar refractivity (Wildman–Crippen MR) is 207 cm³/mol. The van der Waals surface area contributed by atoms with Crippen LogP contribution in [0.1, 0.15) is 68.6 Å². The van der Waals surface area contributed by atoms with Crippen molar-refractivity contribution in [3.05, 3.63) is 233 Å². The molecule has 6 aromatic carbocycles. The Balaban J connectivity index is 1.43. The predicted octanol–water partition coefficient (Wildman–Crippen LogP) is 11.2. The van der Waals surface area contributed by atoms with E-state index in [1.807, 2.05) is 0 Å². The maximum atomic E-state index is 5.74. The highest BCUT2D eigenvalue weighted by Gasteiger charge is 2.32. The molecule has 240 valence electrons. The third-order valence-corrected chi connectivity index (χ3v) is 10.5. The van der Waals surface area contributed by atoms with Crippen molar-refractivity contribution in [2.24, 2.45) is 0 Å². The van der Waals surface area contributed by atoms with Crippen molar-refractivity contribution in [3.8, 4) is 0 Å². The highest BCUT2D eigenvalue weighted by Crippen LogP contribution is 2.44. The van der Waals surface area contributed by atoms with Gasteiger partial charge in [-0.15, -0.1) is 0 Å². The molecule has 0 saturated heterocycles. The van der Waals surface area contributed by atoms with Crippen LogP contribution in [0.3, 0.4) is 0 Å². The van der Waals surface area contributed by atoms with Crippen LogP contribution in [0.25, 0.3) is 32.3 Å². The Kier molecular flexibility index (Phi) is 7.02. The number of fused-ring (bicyclic) bond motifs is 12. The second-order valence-corrected chi connectivity index (χ2v) is 13.5. The molecule has 3 aromatic heterocycles. The Bertz CT molecular complexity index is 2400. The van der Waals surface area contributed by atoms with Gasteiger partial charge in [0.2, 0.25) is 0 Å². The molecule has 3 nitrogen and oxygen atoms in total. The average Bonchev–Trinajstić information content (AvgIpc) is 3.19. The van der Waals surface area contributed by atoms with Gasteiger partial charge in [-0.1, -0.05) is 164 Å². The van der Waals surface area contributed by atoms with Crippen molar-refractivity contribution in [3.63, 3.8) is 0 Å². The third-order valence-electron chi connectivity index (χ3n) is 10.5. The standard InChI is InChI=1S/C48H33N3/c1-4-16-31(17-5-1)43-40-28-34-22-11-14-26-38(34)47(49-40)45(33-20-8-3-9-21-33)42-30-36-24-12-15-27-39(36)48(51-42)44(32-18-6-2-7-19-32)41-29-35-23-10-13-25-37(35)46(43)50-41/h1-30,43-45H. The van der Waals surface area contributed by atoms with Gasteiger partial charge in [0, 0.05) is 16.2 Å². The van der Waals surface area contributed by atoms with Crippen LogP contribution >= 0.6 is 0 Å². The Labute approximate surface area is 297 Å². The minimum Gasteiger partial charge on any atom is -0.255 e. The maximum absolute atomic E-state index is 5.74. The number of pyridine rings is 3. The minimum atomic E-state index is -0.213. The molecular weight excluding hydrogens is 619 g/mol. The molecule has 3 heteroatoms. The van der Waals surface area contributed by atoms with Crippen LogP contribution in [-0.4, -0.2) is 15.0 Å². The maximum Gasteiger partial charge on any atom is 0.0692 e. The van der Waals surface area contributed by atoms with Crippen LogP contribution in [0, 0.1) is 0 Å². The van der Waals surface area contributed by atoms with Gasteiger partial charge in [-0.25, -0.2) is 0 Å². The quantitative estimate of drug-likeness (QED) is 0.191. The summed E-state index contributed by atoms with van der Waals surface area (Å²) in [5, 5.41) is 6.84. The lowest BCUT2D eigenvalue weighted by molar-refractivity contribution is 0.788. The average molecular weight is 652 g/mol. The van der Waals surface area contributed by atoms with Crippen LogP contribution in [-0.2, 0) is 0 Å². The zero-order chi connectivity index (χ0) is 33.7. The molecule has 0 amide bonds. The summed E-state index contributed by atoms with van der Waals surface area (Å²) in [5.74, 6) is -0.640. The monoisotopic (exact) mass is 651 g/mol. The van der Waals surface area contributed by atoms with E-state index in [0.717, 1.165) is 83.2 Å². The number of hydrogen-bond acceptors (Lipinski definition) is 3. The Morgan fingerprint density at radius 3 is 0.824 bits per heavy atom. The molecule has 3 unspecified atom stereocenters. The lowest BCUT2D eigenvalue weighted by atomic mass is 9.82. The molecule has 4 heterocycles. The summed E-state index contributed by atoms with van der Waals surface area (Å²) in [7, 11) is 0. The molecule has 1 aliphatic heterocycles. The number of aromatic nitrogens is 3. The normalized spacial score (nSPS) is 16.8. The largest absolute Gasteiger partial charge is 0.255 e. The van der Waals surface area contributed by atoms with Crippen LogP contribution in [0.4, 0.5) is 0 Å². The Morgan fingerprint density at radius 1 is 0.275 bits per heavy atom. The van der Waals surface area contributed by atoms with E-state index in [9.17, 15) is 0 Å². The summed E-state index contributed by atoms with van der Waals surface area (Å²) in [6, 6.07) is 65.2. The number of rotatable bonds is 3. The first kappa shape index (κ1) is 29.5. The van der Waals surface area contributed by atoms with E-state index in [0.29, 0.717) is 0 Å². The van der Waals surface area contributed by atoms with Crippen LogP contribution < -0.4 is 0 Å². The summed E-state index contributed by atoms with van der Waals surface area (Å²) < 4.78 is 0. The van der Waals surface area contributed by atoms with Gasteiger partial charge in [-0.2, -0.15) is 0 Å². The lowest BCUT2D eigenvalue weighted by Crippen LogP contribution is -2.18. The molecule has 0 radical (unpaired) electrons. The van der Waals surface area contributed by atoms with Gasteiger partial charge in [0.15, 0.2) is 0 Å². The molecule has 1 aliphatic rings. The fraction of sp³-hybridized carbons (Fsp3) is 0.0625. The van der Waals surface area contributed by atoms with E-state index in [2.05, 4.69) is 182 Å². The van der Waals surface area contributed by atoms with Gasteiger partial charge >= 0.3 is 0 Å². The summed E-state index contributed by atoms with van der Waals surface area (Å²) in [4.78, 5) is 17.2. The first-order valence-corrected chi connectivity index (χ1v) is 17.6. The van der Waals surface area contributed by atoms with Gasteiger partial charge < -0.3 is 0 Å². The van der Waals surface area contributed by atoms with Crippen molar-refractivity contribution in [2.75, 3.05) is 0 Å². The van der Waals surface area contributed by atoms with Crippen molar-refractivity contribution >= 4 is 32.3 Å². The van der Waals surface area contributed by atoms with Crippen molar-refractivity contribution < 1.29 is 0 Å². The SMILES string of the molecule is c1ccc(C2c3cc4ccccc4c(n3)C(c3ccccc3)c3cc4ccccc4c(n3)C(c3ccccc3)c3cc4ccccc4c2n3)cc1. The molecule has 0 N–H and O–H groups in total. The van der Waals surface area contributed by atoms with Crippen molar-refractivity contribution in [1.29, 1.82) is 0 Å². The van der Waals surface area contributed by atoms with Crippen molar-refractivity contribution in [1.82, 2.24) is 15.0 Å². The molecule has 3 atom stereocenters. The highest BCUT2D eigenvalue weighted by molar-refractivity contribution is 5.91. The molecule has 0 saturated carbocycles. The fourth-order valence-corrected chi connectivity index (χ4v) is 8.19. The second kappa shape index (κ2) is 12.2. The van der Waals surface area contributed by atoms with Gasteiger partial charge in [-0.05, 0) is 51.0 Å². The van der Waals surface area contributed by atoms with Gasteiger partial charge in [0.1, 0.15) is 0 Å². The molecule has 0 aliphatic carbocycles. The van der Waals surface area contributed by atoms with E-state index in [1.165, 1.54) is 0 Å². The Morgan fingerprint density at radius 2 is 0.529 bits per heavy atom. The zero-order valence-electron chi connectivity index (χ0n) is 27.9. The van der Waals surface area contributed by atoms with E-state index in [1.54, 1.807) is 0 Å². The smallest absolute Gasteiger partial charge is 0.0692 e. The van der Waals surface area contributed by atoms with Crippen LogP contribution in [0.15, 0.2) is 182 Å². The fourth-order valence-electron chi connectivity index (χ4n) is 8.19. The lowest BCUT2D eigenvalue weighted by Gasteiger charge is -2.28. The van der Waals surface area contributed by atoms with E-state index < -0.39 is 0 Å². The Hall–Kier alpha value is -6.45. The van der Waals surface area contributed by atoms with Crippen LogP contribution in [0.5, 0.6) is 0 Å². The molecule has 51 heavy (non-hydrogen) atoms. The van der Waals surface area contributed by atoms with Crippen LogP contribution in [0.2, 0.25) is 0 Å². The minimum absolute atomic E-state index is 0.213.